The lowest BCUT2D eigenvalue weighted by Crippen LogP contribution is -2.27. The van der Waals surface area contributed by atoms with E-state index in [1.54, 1.807) is 0 Å². The Labute approximate surface area is 122 Å². The molecule has 0 spiro atoms. The number of hydrogen-bond donors (Lipinski definition) is 1. The standard InChI is InChI=1S/C15H21F3N2O/c16-15(17,18)11-21-10-4-9-20-8-3-6-13(19)12-5-1-2-7-14(12)20/h1-2,5,7,13H,3-4,6,8-11,19H2. The Kier molecular flexibility index (Phi) is 5.47. The Morgan fingerprint density at radius 1 is 1.29 bits per heavy atom. The number of para-hydroxylation sites is 1. The van der Waals surface area contributed by atoms with Gasteiger partial charge in [-0.2, -0.15) is 13.2 Å². The van der Waals surface area contributed by atoms with Gasteiger partial charge < -0.3 is 15.4 Å². The van der Waals surface area contributed by atoms with E-state index in [-0.39, 0.29) is 12.6 Å². The summed E-state index contributed by atoms with van der Waals surface area (Å²) >= 11 is 0. The minimum atomic E-state index is -4.25. The maximum absolute atomic E-state index is 12.0. The third-order valence-electron chi connectivity index (χ3n) is 3.60. The summed E-state index contributed by atoms with van der Waals surface area (Å²) in [5, 5.41) is 0. The molecule has 1 aliphatic rings. The number of benzene rings is 1. The molecule has 0 aliphatic carbocycles. The van der Waals surface area contributed by atoms with E-state index < -0.39 is 12.8 Å². The average molecular weight is 302 g/mol. The first-order valence-corrected chi connectivity index (χ1v) is 7.21. The first-order valence-electron chi connectivity index (χ1n) is 7.21. The fourth-order valence-electron chi connectivity index (χ4n) is 2.64. The molecule has 0 saturated heterocycles. The van der Waals surface area contributed by atoms with Crippen LogP contribution >= 0.6 is 0 Å². The normalized spacial score (nSPS) is 19.2. The molecule has 3 nitrogen and oxygen atoms in total. The second-order valence-corrected chi connectivity index (χ2v) is 5.32. The van der Waals surface area contributed by atoms with Gasteiger partial charge in [0.15, 0.2) is 0 Å². The van der Waals surface area contributed by atoms with E-state index in [4.69, 9.17) is 5.73 Å². The van der Waals surface area contributed by atoms with Crippen molar-refractivity contribution < 1.29 is 17.9 Å². The predicted octanol–water partition coefficient (Wildman–Crippen LogP) is 3.26. The van der Waals surface area contributed by atoms with E-state index in [1.165, 1.54) is 0 Å². The molecule has 2 rings (SSSR count). The maximum Gasteiger partial charge on any atom is 0.411 e. The number of alkyl halides is 3. The van der Waals surface area contributed by atoms with Crippen molar-refractivity contribution in [3.63, 3.8) is 0 Å². The van der Waals surface area contributed by atoms with Crippen LogP contribution in [0.2, 0.25) is 0 Å². The molecule has 0 fully saturated rings. The van der Waals surface area contributed by atoms with Crippen LogP contribution in [0.1, 0.15) is 30.9 Å². The fraction of sp³-hybridized carbons (Fsp3) is 0.600. The van der Waals surface area contributed by atoms with Gasteiger partial charge in [0.05, 0.1) is 0 Å². The zero-order valence-electron chi connectivity index (χ0n) is 11.9. The SMILES string of the molecule is NC1CCCN(CCCOCC(F)(F)F)c2ccccc21. The topological polar surface area (TPSA) is 38.5 Å². The van der Waals surface area contributed by atoms with Crippen LogP contribution in [0, 0.1) is 0 Å². The molecule has 1 atom stereocenters. The lowest BCUT2D eigenvalue weighted by molar-refractivity contribution is -0.173. The fourth-order valence-corrected chi connectivity index (χ4v) is 2.64. The monoisotopic (exact) mass is 302 g/mol. The van der Waals surface area contributed by atoms with Gasteiger partial charge in [-0.05, 0) is 30.9 Å². The van der Waals surface area contributed by atoms with Crippen molar-refractivity contribution in [3.05, 3.63) is 29.8 Å². The summed E-state index contributed by atoms with van der Waals surface area (Å²) in [5.74, 6) is 0. The van der Waals surface area contributed by atoms with E-state index in [0.717, 1.165) is 30.6 Å². The van der Waals surface area contributed by atoms with Gasteiger partial charge in [-0.25, -0.2) is 0 Å². The molecule has 1 aromatic rings. The Balaban J connectivity index is 1.87. The summed E-state index contributed by atoms with van der Waals surface area (Å²) < 4.78 is 40.6. The maximum atomic E-state index is 12.0. The van der Waals surface area contributed by atoms with Gasteiger partial charge >= 0.3 is 6.18 Å². The molecule has 2 N–H and O–H groups in total. The number of ether oxygens (including phenoxy) is 1. The van der Waals surface area contributed by atoms with E-state index in [1.807, 2.05) is 24.3 Å². The molecule has 0 radical (unpaired) electrons. The number of rotatable bonds is 5. The van der Waals surface area contributed by atoms with E-state index in [2.05, 4.69) is 9.64 Å². The van der Waals surface area contributed by atoms with Gasteiger partial charge in [0.25, 0.3) is 0 Å². The Morgan fingerprint density at radius 2 is 2.05 bits per heavy atom. The van der Waals surface area contributed by atoms with Gasteiger partial charge in [0.1, 0.15) is 6.61 Å². The number of hydrogen-bond acceptors (Lipinski definition) is 3. The Hall–Kier alpha value is -1.27. The largest absolute Gasteiger partial charge is 0.411 e. The minimum Gasteiger partial charge on any atom is -0.372 e. The van der Waals surface area contributed by atoms with Gasteiger partial charge in [0.2, 0.25) is 0 Å². The highest BCUT2D eigenvalue weighted by atomic mass is 19.4. The lowest BCUT2D eigenvalue weighted by atomic mass is 10.0. The third kappa shape index (κ3) is 4.89. The molecular formula is C15H21F3N2O. The van der Waals surface area contributed by atoms with E-state index >= 15 is 0 Å². The van der Waals surface area contributed by atoms with E-state index in [0.29, 0.717) is 13.0 Å². The molecule has 1 unspecified atom stereocenters. The number of fused-ring (bicyclic) bond motifs is 1. The van der Waals surface area contributed by atoms with Gasteiger partial charge in [-0.15, -0.1) is 0 Å². The van der Waals surface area contributed by atoms with Crippen LogP contribution in [0.5, 0.6) is 0 Å². The van der Waals surface area contributed by atoms with Crippen molar-refractivity contribution in [2.45, 2.75) is 31.5 Å². The van der Waals surface area contributed by atoms with Crippen molar-refractivity contribution in [2.24, 2.45) is 5.73 Å². The van der Waals surface area contributed by atoms with Crippen molar-refractivity contribution >= 4 is 5.69 Å². The summed E-state index contributed by atoms with van der Waals surface area (Å²) in [6, 6.07) is 8.02. The molecule has 0 amide bonds. The molecule has 1 aromatic carbocycles. The van der Waals surface area contributed by atoms with Gasteiger partial charge in [-0.3, -0.25) is 0 Å². The second kappa shape index (κ2) is 7.13. The highest BCUT2D eigenvalue weighted by Gasteiger charge is 2.27. The zero-order valence-corrected chi connectivity index (χ0v) is 11.9. The molecular weight excluding hydrogens is 281 g/mol. The van der Waals surface area contributed by atoms with Crippen LogP contribution in [0.4, 0.5) is 18.9 Å². The van der Waals surface area contributed by atoms with Crippen molar-refractivity contribution in [3.8, 4) is 0 Å². The molecule has 1 aliphatic heterocycles. The summed E-state index contributed by atoms with van der Waals surface area (Å²) in [5.41, 5.74) is 8.37. The molecule has 6 heteroatoms. The van der Waals surface area contributed by atoms with Crippen LogP contribution in [0.3, 0.4) is 0 Å². The lowest BCUT2D eigenvalue weighted by Gasteiger charge is -2.25. The molecule has 0 bridgehead atoms. The summed E-state index contributed by atoms with van der Waals surface area (Å²) in [7, 11) is 0. The highest BCUT2D eigenvalue weighted by Crippen LogP contribution is 2.31. The van der Waals surface area contributed by atoms with Crippen LogP contribution in [0.25, 0.3) is 0 Å². The van der Waals surface area contributed by atoms with Gasteiger partial charge in [0, 0.05) is 31.4 Å². The summed E-state index contributed by atoms with van der Waals surface area (Å²) in [6.45, 7) is 0.504. The number of nitrogens with two attached hydrogens (primary N) is 1. The van der Waals surface area contributed by atoms with Crippen LogP contribution in [-0.2, 0) is 4.74 Å². The summed E-state index contributed by atoms with van der Waals surface area (Å²) in [4.78, 5) is 2.19. The van der Waals surface area contributed by atoms with Gasteiger partial charge in [-0.1, -0.05) is 18.2 Å². The Bertz CT molecular complexity index is 451. The van der Waals surface area contributed by atoms with Crippen molar-refractivity contribution in [1.29, 1.82) is 0 Å². The zero-order chi connectivity index (χ0) is 15.3. The molecule has 1 heterocycles. The molecule has 118 valence electrons. The first kappa shape index (κ1) is 16.1. The third-order valence-corrected chi connectivity index (χ3v) is 3.60. The van der Waals surface area contributed by atoms with Crippen LogP contribution in [0.15, 0.2) is 24.3 Å². The Morgan fingerprint density at radius 3 is 2.81 bits per heavy atom. The van der Waals surface area contributed by atoms with Crippen molar-refractivity contribution in [2.75, 3.05) is 31.2 Å². The summed E-state index contributed by atoms with van der Waals surface area (Å²) in [6.07, 6.45) is -1.76. The van der Waals surface area contributed by atoms with Crippen molar-refractivity contribution in [1.82, 2.24) is 0 Å². The van der Waals surface area contributed by atoms with Crippen LogP contribution < -0.4 is 10.6 Å². The predicted molar refractivity (Wildman–Crippen MR) is 76.3 cm³/mol. The molecule has 21 heavy (non-hydrogen) atoms. The van der Waals surface area contributed by atoms with E-state index in [9.17, 15) is 13.2 Å². The molecule has 0 aromatic heterocycles. The first-order chi connectivity index (χ1) is 9.97. The average Bonchev–Trinajstić information content (AvgIpc) is 2.58. The highest BCUT2D eigenvalue weighted by molar-refractivity contribution is 5.55. The quantitative estimate of drug-likeness (QED) is 0.849. The minimum absolute atomic E-state index is 0.0349. The number of halogens is 3. The molecule has 0 saturated carbocycles. The second-order valence-electron chi connectivity index (χ2n) is 5.32. The van der Waals surface area contributed by atoms with Crippen LogP contribution in [-0.4, -0.2) is 32.5 Å². The number of nitrogens with zero attached hydrogens (tertiary/aromatic N) is 1. The number of anilines is 1. The smallest absolute Gasteiger partial charge is 0.372 e.